The molecule has 0 heterocycles. The molecule has 0 aromatic heterocycles. The summed E-state index contributed by atoms with van der Waals surface area (Å²) in [6, 6.07) is 0. The van der Waals surface area contributed by atoms with Crippen LogP contribution in [0.2, 0.25) is 0 Å². The van der Waals surface area contributed by atoms with Gasteiger partial charge in [0, 0.05) is 12.4 Å². The predicted octanol–water partition coefficient (Wildman–Crippen LogP) is 2.01. The Morgan fingerprint density at radius 1 is 1.41 bits per heavy atom. The second kappa shape index (κ2) is 9.74. The van der Waals surface area contributed by atoms with Crippen LogP contribution in [0.5, 0.6) is 0 Å². The third kappa shape index (κ3) is 8.46. The first-order valence-electron chi connectivity index (χ1n) is 6.09. The minimum atomic E-state index is -0.816. The van der Waals surface area contributed by atoms with Gasteiger partial charge in [0.2, 0.25) is 0 Å². The molecule has 0 amide bonds. The van der Waals surface area contributed by atoms with Gasteiger partial charge in [0.25, 0.3) is 0 Å². The first-order chi connectivity index (χ1) is 7.99. The largest absolute Gasteiger partial charge is 0.480 e. The van der Waals surface area contributed by atoms with Crippen LogP contribution in [0.25, 0.3) is 0 Å². The molecule has 0 saturated heterocycles. The number of aliphatic hydroxyl groups excluding tert-OH is 1. The standard InChI is InChI=1S/C12H24O4S/c1-4-5-6-16-7-10(13)8-17-11(9(2)3)12(14)15/h9-11,13H,4-8H2,1-3H3,(H,14,15). The quantitative estimate of drug-likeness (QED) is 0.591. The summed E-state index contributed by atoms with van der Waals surface area (Å²) < 4.78 is 5.28. The fourth-order valence-corrected chi connectivity index (χ4v) is 2.33. The number of thioether (sulfide) groups is 1. The summed E-state index contributed by atoms with van der Waals surface area (Å²) in [7, 11) is 0. The lowest BCUT2D eigenvalue weighted by Gasteiger charge is -2.17. The third-order valence-corrected chi connectivity index (χ3v) is 3.95. The molecule has 0 aliphatic heterocycles. The van der Waals surface area contributed by atoms with E-state index in [0.717, 1.165) is 12.8 Å². The molecule has 17 heavy (non-hydrogen) atoms. The molecule has 4 nitrogen and oxygen atoms in total. The second-order valence-electron chi connectivity index (χ2n) is 4.42. The van der Waals surface area contributed by atoms with Crippen molar-refractivity contribution in [3.8, 4) is 0 Å². The number of carbonyl (C=O) groups is 1. The molecule has 0 bridgehead atoms. The summed E-state index contributed by atoms with van der Waals surface area (Å²) in [5, 5.41) is 18.1. The number of aliphatic hydroxyl groups is 1. The van der Waals surface area contributed by atoms with E-state index < -0.39 is 17.3 Å². The van der Waals surface area contributed by atoms with Crippen molar-refractivity contribution in [3.63, 3.8) is 0 Å². The zero-order valence-electron chi connectivity index (χ0n) is 10.9. The van der Waals surface area contributed by atoms with Crippen molar-refractivity contribution in [2.75, 3.05) is 19.0 Å². The van der Waals surface area contributed by atoms with Gasteiger partial charge in [-0.15, -0.1) is 11.8 Å². The maximum Gasteiger partial charge on any atom is 0.316 e. The molecule has 0 fully saturated rings. The van der Waals surface area contributed by atoms with Gasteiger partial charge in [-0.25, -0.2) is 0 Å². The highest BCUT2D eigenvalue weighted by molar-refractivity contribution is 8.00. The molecular formula is C12H24O4S. The smallest absolute Gasteiger partial charge is 0.316 e. The maximum atomic E-state index is 10.9. The number of carboxylic acids is 1. The van der Waals surface area contributed by atoms with Gasteiger partial charge in [0.05, 0.1) is 12.7 Å². The van der Waals surface area contributed by atoms with Crippen LogP contribution in [0.3, 0.4) is 0 Å². The number of ether oxygens (including phenoxy) is 1. The van der Waals surface area contributed by atoms with Crippen LogP contribution in [0.1, 0.15) is 33.6 Å². The van der Waals surface area contributed by atoms with E-state index in [1.165, 1.54) is 11.8 Å². The van der Waals surface area contributed by atoms with Crippen molar-refractivity contribution >= 4 is 17.7 Å². The number of hydrogen-bond acceptors (Lipinski definition) is 4. The summed E-state index contributed by atoms with van der Waals surface area (Å²) in [6.45, 7) is 6.77. The molecule has 0 spiro atoms. The van der Waals surface area contributed by atoms with Gasteiger partial charge in [-0.3, -0.25) is 4.79 Å². The fourth-order valence-electron chi connectivity index (χ4n) is 1.28. The summed E-state index contributed by atoms with van der Waals surface area (Å²) in [5.74, 6) is -0.351. The van der Waals surface area contributed by atoms with E-state index in [9.17, 15) is 9.90 Å². The second-order valence-corrected chi connectivity index (χ2v) is 5.59. The summed E-state index contributed by atoms with van der Waals surface area (Å²) in [5.41, 5.74) is 0. The molecule has 0 aromatic carbocycles. The molecule has 0 aromatic rings. The first-order valence-corrected chi connectivity index (χ1v) is 7.14. The average molecular weight is 264 g/mol. The van der Waals surface area contributed by atoms with Crippen LogP contribution >= 0.6 is 11.8 Å². The number of carboxylic acid groups (broad SMARTS) is 1. The van der Waals surface area contributed by atoms with E-state index in [-0.39, 0.29) is 12.5 Å². The molecule has 102 valence electrons. The van der Waals surface area contributed by atoms with E-state index in [1.54, 1.807) is 0 Å². The first kappa shape index (κ1) is 16.7. The SMILES string of the molecule is CCCCOCC(O)CSC(C(=O)O)C(C)C. The van der Waals surface area contributed by atoms with Gasteiger partial charge in [-0.05, 0) is 12.3 Å². The highest BCUT2D eigenvalue weighted by atomic mass is 32.2. The topological polar surface area (TPSA) is 66.8 Å². The van der Waals surface area contributed by atoms with Crippen molar-refractivity contribution in [2.45, 2.75) is 45.0 Å². The number of unbranched alkanes of at least 4 members (excludes halogenated alkanes) is 1. The highest BCUT2D eigenvalue weighted by Gasteiger charge is 2.22. The molecule has 2 N–H and O–H groups in total. The third-order valence-electron chi connectivity index (χ3n) is 2.27. The molecular weight excluding hydrogens is 240 g/mol. The van der Waals surface area contributed by atoms with Gasteiger partial charge in [-0.2, -0.15) is 0 Å². The Kier molecular flexibility index (Phi) is 9.59. The van der Waals surface area contributed by atoms with Crippen LogP contribution in [0, 0.1) is 5.92 Å². The van der Waals surface area contributed by atoms with Gasteiger partial charge in [-0.1, -0.05) is 27.2 Å². The molecule has 2 unspecified atom stereocenters. The number of aliphatic carboxylic acids is 1. The molecule has 0 saturated carbocycles. The van der Waals surface area contributed by atoms with Gasteiger partial charge < -0.3 is 14.9 Å². The molecule has 0 aliphatic rings. The Morgan fingerprint density at radius 3 is 2.53 bits per heavy atom. The number of hydrogen-bond donors (Lipinski definition) is 2. The Hall–Kier alpha value is -0.260. The number of rotatable bonds is 10. The lowest BCUT2D eigenvalue weighted by atomic mass is 10.1. The fraction of sp³-hybridized carbons (Fsp3) is 0.917. The summed E-state index contributed by atoms with van der Waals surface area (Å²) in [6.07, 6.45) is 1.47. The zero-order valence-corrected chi connectivity index (χ0v) is 11.7. The van der Waals surface area contributed by atoms with Crippen molar-refractivity contribution in [1.82, 2.24) is 0 Å². The van der Waals surface area contributed by atoms with Gasteiger partial charge in [0.15, 0.2) is 0 Å². The Balaban J connectivity index is 3.73. The van der Waals surface area contributed by atoms with Crippen molar-refractivity contribution in [3.05, 3.63) is 0 Å². The van der Waals surface area contributed by atoms with Crippen LogP contribution in [-0.4, -0.2) is 46.5 Å². The Labute approximate surface area is 108 Å². The minimum Gasteiger partial charge on any atom is -0.480 e. The lowest BCUT2D eigenvalue weighted by molar-refractivity contribution is -0.137. The summed E-state index contributed by atoms with van der Waals surface area (Å²) in [4.78, 5) is 10.9. The van der Waals surface area contributed by atoms with E-state index >= 15 is 0 Å². The molecule has 2 atom stereocenters. The zero-order chi connectivity index (χ0) is 13.3. The van der Waals surface area contributed by atoms with E-state index in [2.05, 4.69) is 6.92 Å². The normalized spacial score (nSPS) is 14.9. The molecule has 0 radical (unpaired) electrons. The summed E-state index contributed by atoms with van der Waals surface area (Å²) >= 11 is 1.28. The van der Waals surface area contributed by atoms with E-state index in [0.29, 0.717) is 12.4 Å². The Bertz CT molecular complexity index is 209. The van der Waals surface area contributed by atoms with Crippen LogP contribution in [0.4, 0.5) is 0 Å². The highest BCUT2D eigenvalue weighted by Crippen LogP contribution is 2.20. The minimum absolute atomic E-state index is 0.0608. The van der Waals surface area contributed by atoms with Crippen molar-refractivity contribution in [2.24, 2.45) is 5.92 Å². The van der Waals surface area contributed by atoms with E-state index in [1.807, 2.05) is 13.8 Å². The average Bonchev–Trinajstić information content (AvgIpc) is 2.23. The predicted molar refractivity (Wildman–Crippen MR) is 70.5 cm³/mol. The molecule has 0 rings (SSSR count). The molecule has 5 heteroatoms. The van der Waals surface area contributed by atoms with Gasteiger partial charge >= 0.3 is 5.97 Å². The van der Waals surface area contributed by atoms with Crippen molar-refractivity contribution < 1.29 is 19.7 Å². The molecule has 0 aliphatic carbocycles. The monoisotopic (exact) mass is 264 g/mol. The van der Waals surface area contributed by atoms with Crippen LogP contribution in [-0.2, 0) is 9.53 Å². The van der Waals surface area contributed by atoms with Crippen LogP contribution in [0.15, 0.2) is 0 Å². The maximum absolute atomic E-state index is 10.9. The van der Waals surface area contributed by atoms with Crippen LogP contribution < -0.4 is 0 Å². The Morgan fingerprint density at radius 2 is 2.06 bits per heavy atom. The van der Waals surface area contributed by atoms with E-state index in [4.69, 9.17) is 9.84 Å². The lowest BCUT2D eigenvalue weighted by Crippen LogP contribution is -2.26. The van der Waals surface area contributed by atoms with Gasteiger partial charge in [0.1, 0.15) is 5.25 Å². The van der Waals surface area contributed by atoms with Crippen molar-refractivity contribution in [1.29, 1.82) is 0 Å².